The maximum absolute atomic E-state index is 12.0. The van der Waals surface area contributed by atoms with Crippen LogP contribution < -0.4 is 11.4 Å². The van der Waals surface area contributed by atoms with Gasteiger partial charge in [-0.2, -0.15) is 0 Å². The van der Waals surface area contributed by atoms with Crippen LogP contribution in [0.4, 0.5) is 0 Å². The zero-order chi connectivity index (χ0) is 13.3. The minimum atomic E-state index is -0.345. The van der Waals surface area contributed by atoms with Crippen molar-refractivity contribution < 1.29 is 4.79 Å². The van der Waals surface area contributed by atoms with Crippen molar-refractivity contribution in [2.24, 2.45) is 5.73 Å². The van der Waals surface area contributed by atoms with Crippen LogP contribution >= 0.6 is 0 Å². The molecule has 0 fully saturated rings. The maximum Gasteiger partial charge on any atom is 0.323 e. The summed E-state index contributed by atoms with van der Waals surface area (Å²) >= 11 is 0. The molecule has 2 rings (SSSR count). The number of fused-ring (bicyclic) bond motifs is 1. The minimum absolute atomic E-state index is 0.0393. The van der Waals surface area contributed by atoms with Crippen molar-refractivity contribution >= 4 is 16.8 Å². The molecule has 0 atom stereocenters. The van der Waals surface area contributed by atoms with E-state index in [4.69, 9.17) is 5.73 Å². The van der Waals surface area contributed by atoms with Gasteiger partial charge in [-0.3, -0.25) is 4.79 Å². The number of aromatic nitrogens is 2. The number of nitrogens with two attached hydrogens (primary N) is 1. The van der Waals surface area contributed by atoms with E-state index in [1.807, 2.05) is 13.8 Å². The van der Waals surface area contributed by atoms with E-state index in [0.29, 0.717) is 29.4 Å². The molecular formula is C13H17N3O2. The Morgan fingerprint density at radius 1 is 1.28 bits per heavy atom. The van der Waals surface area contributed by atoms with Crippen LogP contribution in [0.15, 0.2) is 23.0 Å². The number of carbonyl (C=O) groups excluding carboxylic acids is 1. The van der Waals surface area contributed by atoms with Crippen LogP contribution in [0.2, 0.25) is 0 Å². The van der Waals surface area contributed by atoms with Gasteiger partial charge >= 0.3 is 5.69 Å². The molecule has 0 saturated carbocycles. The maximum atomic E-state index is 12.0. The van der Waals surface area contributed by atoms with Gasteiger partial charge in [-0.1, -0.05) is 0 Å². The molecule has 0 saturated heterocycles. The summed E-state index contributed by atoms with van der Waals surface area (Å²) in [5.41, 5.74) is 7.19. The van der Waals surface area contributed by atoms with Gasteiger partial charge in [-0.15, -0.1) is 0 Å². The molecule has 0 aliphatic rings. The lowest BCUT2D eigenvalue weighted by Gasteiger charge is -2.17. The van der Waals surface area contributed by atoms with Gasteiger partial charge in [0.2, 0.25) is 0 Å². The zero-order valence-corrected chi connectivity index (χ0v) is 10.5. The van der Waals surface area contributed by atoms with E-state index in [1.54, 1.807) is 18.2 Å². The Hall–Kier alpha value is -1.88. The highest BCUT2D eigenvalue weighted by molar-refractivity contribution is 5.98. The van der Waals surface area contributed by atoms with Crippen molar-refractivity contribution in [3.8, 4) is 0 Å². The normalized spacial score (nSPS) is 11.9. The average Bonchev–Trinajstić information content (AvgIpc) is 2.63. The van der Waals surface area contributed by atoms with Crippen molar-refractivity contribution in [1.29, 1.82) is 0 Å². The number of hydrogen-bond acceptors (Lipinski definition) is 3. The Labute approximate surface area is 104 Å². The molecule has 0 aliphatic heterocycles. The lowest BCUT2D eigenvalue weighted by molar-refractivity contribution is 0.0972. The minimum Gasteiger partial charge on any atom is -0.326 e. The third kappa shape index (κ3) is 2.87. The van der Waals surface area contributed by atoms with Gasteiger partial charge in [0.15, 0.2) is 5.78 Å². The van der Waals surface area contributed by atoms with E-state index in [1.165, 1.54) is 0 Å². The molecule has 0 aliphatic carbocycles. The first kappa shape index (κ1) is 12.6. The van der Waals surface area contributed by atoms with E-state index in [-0.39, 0.29) is 17.0 Å². The van der Waals surface area contributed by atoms with E-state index >= 15 is 0 Å². The van der Waals surface area contributed by atoms with Gasteiger partial charge in [0.05, 0.1) is 11.0 Å². The van der Waals surface area contributed by atoms with Gasteiger partial charge in [0.1, 0.15) is 0 Å². The van der Waals surface area contributed by atoms with E-state index in [9.17, 15) is 9.59 Å². The summed E-state index contributed by atoms with van der Waals surface area (Å²) in [6.07, 6.45) is 1.04. The van der Waals surface area contributed by atoms with Crippen molar-refractivity contribution in [2.45, 2.75) is 32.2 Å². The van der Waals surface area contributed by atoms with Crippen LogP contribution in [0.5, 0.6) is 0 Å². The smallest absolute Gasteiger partial charge is 0.323 e. The molecule has 1 aromatic heterocycles. The van der Waals surface area contributed by atoms with Gasteiger partial charge in [-0.05, 0) is 38.5 Å². The quantitative estimate of drug-likeness (QED) is 0.716. The number of nitrogens with one attached hydrogen (secondary N) is 2. The molecule has 5 nitrogen and oxygen atoms in total. The first-order chi connectivity index (χ1) is 8.35. The molecule has 0 amide bonds. The van der Waals surface area contributed by atoms with Crippen LogP contribution in [0.1, 0.15) is 37.0 Å². The number of H-pyrrole nitrogens is 2. The number of rotatable bonds is 4. The fraction of sp³-hybridized carbons (Fsp3) is 0.385. The highest BCUT2D eigenvalue weighted by Crippen LogP contribution is 2.15. The Bertz CT molecular complexity index is 631. The van der Waals surface area contributed by atoms with Gasteiger partial charge in [-0.25, -0.2) is 4.79 Å². The Morgan fingerprint density at radius 3 is 2.61 bits per heavy atom. The Kier molecular flexibility index (Phi) is 3.09. The molecule has 1 heterocycles. The third-order valence-electron chi connectivity index (χ3n) is 2.83. The summed E-state index contributed by atoms with van der Waals surface area (Å²) in [5.74, 6) is 0.0393. The lowest BCUT2D eigenvalue weighted by Crippen LogP contribution is -2.32. The van der Waals surface area contributed by atoms with Crippen molar-refractivity contribution in [1.82, 2.24) is 9.97 Å². The number of carbonyl (C=O) groups is 1. The molecule has 0 radical (unpaired) electrons. The number of imidazole rings is 1. The SMILES string of the molecule is CC(C)(N)CCC(=O)c1ccc2[nH]c(=O)[nH]c2c1. The number of benzene rings is 1. The summed E-state index contributed by atoms with van der Waals surface area (Å²) in [5, 5.41) is 0. The zero-order valence-electron chi connectivity index (χ0n) is 10.5. The number of Topliss-reactive ketones (excluding diaryl/α,β-unsaturated/α-hetero) is 1. The fourth-order valence-electron chi connectivity index (χ4n) is 1.79. The van der Waals surface area contributed by atoms with Crippen LogP contribution in [0.3, 0.4) is 0 Å². The molecule has 1 aromatic carbocycles. The van der Waals surface area contributed by atoms with Crippen LogP contribution in [-0.4, -0.2) is 21.3 Å². The van der Waals surface area contributed by atoms with Crippen molar-refractivity contribution in [3.05, 3.63) is 34.2 Å². The molecule has 2 aromatic rings. The van der Waals surface area contributed by atoms with Crippen LogP contribution in [-0.2, 0) is 0 Å². The molecular weight excluding hydrogens is 230 g/mol. The molecule has 96 valence electrons. The standard InChI is InChI=1S/C13H17N3O2/c1-13(2,14)6-5-11(17)8-3-4-9-10(7-8)16-12(18)15-9/h3-4,7H,5-6,14H2,1-2H3,(H2,15,16,18). The topological polar surface area (TPSA) is 91.7 Å². The number of ketones is 1. The Morgan fingerprint density at radius 2 is 1.94 bits per heavy atom. The second-order valence-corrected chi connectivity index (χ2v) is 5.25. The predicted octanol–water partition coefficient (Wildman–Crippen LogP) is 1.56. The molecule has 0 bridgehead atoms. The van der Waals surface area contributed by atoms with Gasteiger partial charge in [0.25, 0.3) is 0 Å². The molecule has 0 unspecified atom stereocenters. The van der Waals surface area contributed by atoms with Gasteiger partial charge in [0, 0.05) is 17.5 Å². The van der Waals surface area contributed by atoms with Crippen LogP contribution in [0.25, 0.3) is 11.0 Å². The summed E-state index contributed by atoms with van der Waals surface area (Å²) in [6.45, 7) is 3.79. The molecule has 0 spiro atoms. The monoisotopic (exact) mass is 247 g/mol. The second kappa shape index (κ2) is 4.42. The van der Waals surface area contributed by atoms with E-state index in [2.05, 4.69) is 9.97 Å². The second-order valence-electron chi connectivity index (χ2n) is 5.25. The fourth-order valence-corrected chi connectivity index (χ4v) is 1.79. The summed E-state index contributed by atoms with van der Waals surface area (Å²) < 4.78 is 0. The highest BCUT2D eigenvalue weighted by Gasteiger charge is 2.14. The van der Waals surface area contributed by atoms with E-state index < -0.39 is 0 Å². The average molecular weight is 247 g/mol. The van der Waals surface area contributed by atoms with Crippen molar-refractivity contribution in [3.63, 3.8) is 0 Å². The van der Waals surface area contributed by atoms with Crippen LogP contribution in [0, 0.1) is 0 Å². The predicted molar refractivity (Wildman–Crippen MR) is 70.8 cm³/mol. The summed E-state index contributed by atoms with van der Waals surface area (Å²) in [4.78, 5) is 28.4. The molecule has 4 N–H and O–H groups in total. The molecule has 5 heteroatoms. The number of hydrogen-bond donors (Lipinski definition) is 3. The first-order valence-electron chi connectivity index (χ1n) is 5.89. The number of aromatic amines is 2. The van der Waals surface area contributed by atoms with Gasteiger partial charge < -0.3 is 15.7 Å². The van der Waals surface area contributed by atoms with Crippen molar-refractivity contribution in [2.75, 3.05) is 0 Å². The van der Waals surface area contributed by atoms with E-state index in [0.717, 1.165) is 0 Å². The first-order valence-corrected chi connectivity index (χ1v) is 5.89. The largest absolute Gasteiger partial charge is 0.326 e. The lowest BCUT2D eigenvalue weighted by atomic mass is 9.96. The third-order valence-corrected chi connectivity index (χ3v) is 2.83. The summed E-state index contributed by atoms with van der Waals surface area (Å²) in [7, 11) is 0. The molecule has 18 heavy (non-hydrogen) atoms. The highest BCUT2D eigenvalue weighted by atomic mass is 16.1. The Balaban J connectivity index is 2.20. The summed E-state index contributed by atoms with van der Waals surface area (Å²) in [6, 6.07) is 5.14.